The fourth-order valence-corrected chi connectivity index (χ4v) is 2.37. The maximum absolute atomic E-state index is 13.0. The normalized spacial score (nSPS) is 11.8. The number of hydrogen-bond donors (Lipinski definition) is 1. The first kappa shape index (κ1) is 14.6. The molecule has 0 heterocycles. The molecule has 0 aliphatic carbocycles. The van der Waals surface area contributed by atoms with Gasteiger partial charge in [0.2, 0.25) is 0 Å². The second-order valence-corrected chi connectivity index (χ2v) is 5.15. The van der Waals surface area contributed by atoms with Crippen LogP contribution >= 0.6 is 23.2 Å². The Morgan fingerprint density at radius 1 is 1.15 bits per heavy atom. The van der Waals surface area contributed by atoms with Crippen LogP contribution in [0.5, 0.6) is 0 Å². The number of rotatable bonds is 3. The minimum absolute atomic E-state index is 0.129. The molecule has 0 spiro atoms. The van der Waals surface area contributed by atoms with Crippen LogP contribution in [0.1, 0.15) is 24.1 Å². The van der Waals surface area contributed by atoms with Gasteiger partial charge in [0, 0.05) is 16.8 Å². The molecule has 2 nitrogen and oxygen atoms in total. The van der Waals surface area contributed by atoms with Gasteiger partial charge in [-0.05, 0) is 42.8 Å². The van der Waals surface area contributed by atoms with Crippen molar-refractivity contribution in [1.82, 2.24) is 0 Å². The zero-order chi connectivity index (χ0) is 14.7. The monoisotopic (exact) mass is 308 g/mol. The van der Waals surface area contributed by atoms with Crippen molar-refractivity contribution in [3.63, 3.8) is 0 Å². The summed E-state index contributed by atoms with van der Waals surface area (Å²) in [6.45, 7) is 1.90. The van der Waals surface area contributed by atoms with Crippen molar-refractivity contribution in [2.45, 2.75) is 13.0 Å². The van der Waals surface area contributed by atoms with Gasteiger partial charge in [-0.25, -0.2) is 4.39 Å². The minimum Gasteiger partial charge on any atom is -0.378 e. The van der Waals surface area contributed by atoms with Crippen molar-refractivity contribution in [2.75, 3.05) is 5.32 Å². The van der Waals surface area contributed by atoms with Crippen LogP contribution in [0.2, 0.25) is 10.0 Å². The van der Waals surface area contributed by atoms with E-state index in [2.05, 4.69) is 5.32 Å². The van der Waals surface area contributed by atoms with Crippen LogP contribution in [0, 0.1) is 17.1 Å². The summed E-state index contributed by atoms with van der Waals surface area (Å²) >= 11 is 11.9. The molecule has 2 aromatic carbocycles. The molecule has 0 radical (unpaired) electrons. The molecule has 0 fully saturated rings. The molecule has 1 unspecified atom stereocenters. The largest absolute Gasteiger partial charge is 0.378 e. The van der Waals surface area contributed by atoms with E-state index in [1.807, 2.05) is 13.0 Å². The molecular formula is C15H11Cl2FN2. The molecule has 0 amide bonds. The first-order valence-corrected chi connectivity index (χ1v) is 6.68. The van der Waals surface area contributed by atoms with Gasteiger partial charge in [0.15, 0.2) is 0 Å². The molecule has 102 valence electrons. The summed E-state index contributed by atoms with van der Waals surface area (Å²) in [5, 5.41) is 12.9. The quantitative estimate of drug-likeness (QED) is 0.848. The third kappa shape index (κ3) is 3.22. The maximum atomic E-state index is 13.0. The maximum Gasteiger partial charge on any atom is 0.124 e. The van der Waals surface area contributed by atoms with Gasteiger partial charge in [0.05, 0.1) is 10.6 Å². The van der Waals surface area contributed by atoms with E-state index in [0.29, 0.717) is 15.6 Å². The van der Waals surface area contributed by atoms with Crippen LogP contribution in [-0.4, -0.2) is 0 Å². The third-order valence-corrected chi connectivity index (χ3v) is 3.56. The molecule has 5 heteroatoms. The molecule has 0 saturated carbocycles. The zero-order valence-electron chi connectivity index (χ0n) is 10.6. The van der Waals surface area contributed by atoms with Gasteiger partial charge in [-0.2, -0.15) is 5.26 Å². The summed E-state index contributed by atoms with van der Waals surface area (Å²) in [5.74, 6) is -0.371. The fraction of sp³-hybridized carbons (Fsp3) is 0.133. The topological polar surface area (TPSA) is 35.8 Å². The highest BCUT2D eigenvalue weighted by molar-refractivity contribution is 6.32. The number of halogens is 3. The Bertz CT molecular complexity index is 680. The van der Waals surface area contributed by atoms with Gasteiger partial charge in [-0.3, -0.25) is 0 Å². The van der Waals surface area contributed by atoms with E-state index in [-0.39, 0.29) is 11.9 Å². The highest BCUT2D eigenvalue weighted by Crippen LogP contribution is 2.28. The molecular weight excluding hydrogens is 298 g/mol. The van der Waals surface area contributed by atoms with Crippen LogP contribution in [0.25, 0.3) is 0 Å². The summed E-state index contributed by atoms with van der Waals surface area (Å²) in [6, 6.07) is 11.3. The van der Waals surface area contributed by atoms with Gasteiger partial charge in [-0.1, -0.05) is 29.3 Å². The van der Waals surface area contributed by atoms with E-state index in [4.69, 9.17) is 28.5 Å². The Morgan fingerprint density at radius 2 is 1.90 bits per heavy atom. The van der Waals surface area contributed by atoms with E-state index >= 15 is 0 Å². The first-order chi connectivity index (χ1) is 9.51. The Hall–Kier alpha value is -1.76. The number of nitriles is 1. The van der Waals surface area contributed by atoms with Gasteiger partial charge >= 0.3 is 0 Å². The van der Waals surface area contributed by atoms with Crippen molar-refractivity contribution in [3.8, 4) is 6.07 Å². The fourth-order valence-electron chi connectivity index (χ4n) is 1.88. The number of nitrogens with one attached hydrogen (secondary N) is 1. The lowest BCUT2D eigenvalue weighted by Gasteiger charge is -2.17. The molecule has 0 aromatic heterocycles. The predicted octanol–water partition coefficient (Wildman–Crippen LogP) is 5.18. The molecule has 0 saturated heterocycles. The Balaban J connectivity index is 2.23. The Morgan fingerprint density at radius 3 is 2.55 bits per heavy atom. The van der Waals surface area contributed by atoms with Gasteiger partial charge in [0.25, 0.3) is 0 Å². The lowest BCUT2D eigenvalue weighted by atomic mass is 10.1. The first-order valence-electron chi connectivity index (χ1n) is 5.92. The second kappa shape index (κ2) is 6.13. The average molecular weight is 309 g/mol. The highest BCUT2D eigenvalue weighted by Gasteiger charge is 2.11. The molecule has 1 atom stereocenters. The molecule has 2 aromatic rings. The molecule has 0 aliphatic rings. The highest BCUT2D eigenvalue weighted by atomic mass is 35.5. The van der Waals surface area contributed by atoms with Gasteiger partial charge < -0.3 is 5.32 Å². The molecule has 1 N–H and O–H groups in total. The lowest BCUT2D eigenvalue weighted by Crippen LogP contribution is -2.07. The standard InChI is InChI=1S/C15H11Cl2FN2/c1-9(13-4-2-11(18)7-15(13)17)20-12-3-5-14(16)10(6-12)8-19/h2-7,9,20H,1H3. The second-order valence-electron chi connectivity index (χ2n) is 4.34. The van der Waals surface area contributed by atoms with E-state index in [9.17, 15) is 4.39 Å². The third-order valence-electron chi connectivity index (χ3n) is 2.90. The zero-order valence-corrected chi connectivity index (χ0v) is 12.1. The number of nitrogens with zero attached hydrogens (tertiary/aromatic N) is 1. The number of anilines is 1. The molecule has 20 heavy (non-hydrogen) atoms. The van der Waals surface area contributed by atoms with Crippen LogP contribution in [0.3, 0.4) is 0 Å². The smallest absolute Gasteiger partial charge is 0.124 e. The van der Waals surface area contributed by atoms with Crippen molar-refractivity contribution in [3.05, 3.63) is 63.4 Å². The molecule has 0 aliphatic heterocycles. The van der Waals surface area contributed by atoms with Gasteiger partial charge in [0.1, 0.15) is 11.9 Å². The van der Waals surface area contributed by atoms with Crippen LogP contribution in [0.15, 0.2) is 36.4 Å². The summed E-state index contributed by atoms with van der Waals surface area (Å²) in [4.78, 5) is 0. The van der Waals surface area contributed by atoms with Crippen LogP contribution in [-0.2, 0) is 0 Å². The van der Waals surface area contributed by atoms with E-state index < -0.39 is 0 Å². The summed E-state index contributed by atoms with van der Waals surface area (Å²) in [6.07, 6.45) is 0. The van der Waals surface area contributed by atoms with E-state index in [1.54, 1.807) is 24.3 Å². The summed E-state index contributed by atoms with van der Waals surface area (Å²) in [7, 11) is 0. The van der Waals surface area contributed by atoms with Crippen LogP contribution in [0.4, 0.5) is 10.1 Å². The predicted molar refractivity (Wildman–Crippen MR) is 79.6 cm³/mol. The Kier molecular flexibility index (Phi) is 4.49. The number of benzene rings is 2. The van der Waals surface area contributed by atoms with E-state index in [1.165, 1.54) is 12.1 Å². The summed E-state index contributed by atoms with van der Waals surface area (Å²) < 4.78 is 13.0. The van der Waals surface area contributed by atoms with Crippen LogP contribution < -0.4 is 5.32 Å². The van der Waals surface area contributed by atoms with Crippen molar-refractivity contribution < 1.29 is 4.39 Å². The lowest BCUT2D eigenvalue weighted by molar-refractivity contribution is 0.626. The molecule has 0 bridgehead atoms. The van der Waals surface area contributed by atoms with Gasteiger partial charge in [-0.15, -0.1) is 0 Å². The SMILES string of the molecule is CC(Nc1ccc(Cl)c(C#N)c1)c1ccc(F)cc1Cl. The Labute approximate surface area is 126 Å². The minimum atomic E-state index is -0.371. The van der Waals surface area contributed by atoms with Crippen molar-refractivity contribution >= 4 is 28.9 Å². The van der Waals surface area contributed by atoms with Crippen molar-refractivity contribution in [2.24, 2.45) is 0 Å². The van der Waals surface area contributed by atoms with Crippen molar-refractivity contribution in [1.29, 1.82) is 5.26 Å². The number of hydrogen-bond acceptors (Lipinski definition) is 2. The molecule has 2 rings (SSSR count). The van der Waals surface area contributed by atoms with E-state index in [0.717, 1.165) is 11.3 Å². The average Bonchev–Trinajstić information content (AvgIpc) is 2.40. The summed E-state index contributed by atoms with van der Waals surface area (Å²) in [5.41, 5.74) is 1.93.